The van der Waals surface area contributed by atoms with Gasteiger partial charge >= 0.3 is 0 Å². The van der Waals surface area contributed by atoms with Crippen LogP contribution in [0.1, 0.15) is 114 Å². The SMILES string of the molecule is C=CCC1CCC(CCC2CCC(c3ccc(COCCCCC)cc3)CC2)CC1. The number of hydrogen-bond donors (Lipinski definition) is 0. The van der Waals surface area contributed by atoms with Gasteiger partial charge < -0.3 is 4.74 Å². The van der Waals surface area contributed by atoms with Gasteiger partial charge in [-0.25, -0.2) is 0 Å². The molecule has 0 aromatic heterocycles. The molecular weight excluding hydrogens is 364 g/mol. The second kappa shape index (κ2) is 13.4. The molecule has 2 fully saturated rings. The molecule has 1 aromatic rings. The van der Waals surface area contributed by atoms with Crippen molar-refractivity contribution in [1.82, 2.24) is 0 Å². The van der Waals surface area contributed by atoms with E-state index in [1.165, 1.54) is 95.5 Å². The number of unbranched alkanes of at least 4 members (excludes halogenated alkanes) is 2. The molecule has 0 unspecified atom stereocenters. The van der Waals surface area contributed by atoms with E-state index in [1.54, 1.807) is 5.56 Å². The van der Waals surface area contributed by atoms with Crippen LogP contribution in [0.2, 0.25) is 0 Å². The molecular formula is C29H46O. The summed E-state index contributed by atoms with van der Waals surface area (Å²) in [5, 5.41) is 0. The molecule has 0 heterocycles. The molecule has 2 aliphatic carbocycles. The van der Waals surface area contributed by atoms with E-state index in [4.69, 9.17) is 4.74 Å². The lowest BCUT2D eigenvalue weighted by molar-refractivity contribution is 0.117. The highest BCUT2D eigenvalue weighted by atomic mass is 16.5. The van der Waals surface area contributed by atoms with E-state index in [1.807, 2.05) is 0 Å². The van der Waals surface area contributed by atoms with Crippen LogP contribution in [0.5, 0.6) is 0 Å². The van der Waals surface area contributed by atoms with Crippen LogP contribution in [0.15, 0.2) is 36.9 Å². The number of rotatable bonds is 12. The highest BCUT2D eigenvalue weighted by Gasteiger charge is 2.25. The van der Waals surface area contributed by atoms with Gasteiger partial charge in [0.2, 0.25) is 0 Å². The van der Waals surface area contributed by atoms with Gasteiger partial charge in [0.25, 0.3) is 0 Å². The third-order valence-corrected chi connectivity index (χ3v) is 7.91. The second-order valence-electron chi connectivity index (χ2n) is 10.2. The summed E-state index contributed by atoms with van der Waals surface area (Å²) < 4.78 is 5.81. The predicted octanol–water partition coefficient (Wildman–Crippen LogP) is 8.83. The Kier molecular flexibility index (Phi) is 10.5. The summed E-state index contributed by atoms with van der Waals surface area (Å²) in [7, 11) is 0. The van der Waals surface area contributed by atoms with E-state index in [-0.39, 0.29) is 0 Å². The molecule has 2 aliphatic rings. The topological polar surface area (TPSA) is 9.23 Å². The maximum atomic E-state index is 5.81. The van der Waals surface area contributed by atoms with Crippen LogP contribution in [0.25, 0.3) is 0 Å². The van der Waals surface area contributed by atoms with Crippen molar-refractivity contribution in [2.24, 2.45) is 17.8 Å². The molecule has 1 nitrogen and oxygen atoms in total. The third-order valence-electron chi connectivity index (χ3n) is 7.91. The largest absolute Gasteiger partial charge is 0.377 e. The molecule has 2 saturated carbocycles. The lowest BCUT2D eigenvalue weighted by atomic mass is 9.74. The Bertz CT molecular complexity index is 573. The molecule has 1 heteroatoms. The maximum Gasteiger partial charge on any atom is 0.0716 e. The zero-order valence-corrected chi connectivity index (χ0v) is 19.6. The van der Waals surface area contributed by atoms with Gasteiger partial charge in [0, 0.05) is 6.61 Å². The van der Waals surface area contributed by atoms with Gasteiger partial charge in [-0.05, 0) is 86.2 Å². The molecule has 0 N–H and O–H groups in total. The summed E-state index contributed by atoms with van der Waals surface area (Å²) in [6.45, 7) is 7.83. The number of hydrogen-bond acceptors (Lipinski definition) is 1. The summed E-state index contributed by atoms with van der Waals surface area (Å²) in [5.74, 6) is 3.73. The summed E-state index contributed by atoms with van der Waals surface area (Å²) >= 11 is 0. The minimum absolute atomic E-state index is 0.770. The Labute approximate surface area is 186 Å². The minimum Gasteiger partial charge on any atom is -0.377 e. The number of ether oxygens (including phenoxy) is 1. The first-order valence-corrected chi connectivity index (χ1v) is 13.1. The van der Waals surface area contributed by atoms with Crippen molar-refractivity contribution in [3.05, 3.63) is 48.0 Å². The molecule has 3 rings (SSSR count). The highest BCUT2D eigenvalue weighted by Crippen LogP contribution is 2.40. The van der Waals surface area contributed by atoms with Gasteiger partial charge in [-0.15, -0.1) is 6.58 Å². The third kappa shape index (κ3) is 7.88. The smallest absolute Gasteiger partial charge is 0.0716 e. The summed E-state index contributed by atoms with van der Waals surface area (Å²) in [6, 6.07) is 9.34. The van der Waals surface area contributed by atoms with E-state index in [0.717, 1.165) is 36.9 Å². The zero-order chi connectivity index (χ0) is 21.0. The second-order valence-corrected chi connectivity index (χ2v) is 10.2. The summed E-state index contributed by atoms with van der Waals surface area (Å²) in [4.78, 5) is 0. The maximum absolute atomic E-state index is 5.81. The highest BCUT2D eigenvalue weighted by molar-refractivity contribution is 5.25. The first-order valence-electron chi connectivity index (χ1n) is 13.1. The monoisotopic (exact) mass is 410 g/mol. The zero-order valence-electron chi connectivity index (χ0n) is 19.6. The molecule has 0 spiro atoms. The van der Waals surface area contributed by atoms with Crippen LogP contribution >= 0.6 is 0 Å². The molecule has 168 valence electrons. The van der Waals surface area contributed by atoms with Gasteiger partial charge in [-0.3, -0.25) is 0 Å². The van der Waals surface area contributed by atoms with E-state index in [2.05, 4.69) is 43.8 Å². The standard InChI is InChI=1S/C29H46O/c1-3-5-6-22-30-23-27-16-20-29(21-17-27)28-18-14-26(15-19-28)13-12-25-10-8-24(7-4-2)9-11-25/h4,16-17,20-21,24-26,28H,2-3,5-15,18-19,22-23H2,1H3. The fraction of sp³-hybridized carbons (Fsp3) is 0.724. The van der Waals surface area contributed by atoms with Crippen LogP contribution in [-0.4, -0.2) is 6.61 Å². The van der Waals surface area contributed by atoms with Crippen molar-refractivity contribution in [3.8, 4) is 0 Å². The molecule has 0 atom stereocenters. The number of benzene rings is 1. The molecule has 0 amide bonds. The average Bonchev–Trinajstić information content (AvgIpc) is 2.79. The Morgan fingerprint density at radius 2 is 1.43 bits per heavy atom. The van der Waals surface area contributed by atoms with Crippen molar-refractivity contribution in [1.29, 1.82) is 0 Å². The lowest BCUT2D eigenvalue weighted by Gasteiger charge is -2.32. The molecule has 1 aromatic carbocycles. The fourth-order valence-electron chi connectivity index (χ4n) is 5.78. The fourth-order valence-corrected chi connectivity index (χ4v) is 5.78. The van der Waals surface area contributed by atoms with Gasteiger partial charge in [0.1, 0.15) is 0 Å². The van der Waals surface area contributed by atoms with E-state index in [9.17, 15) is 0 Å². The van der Waals surface area contributed by atoms with E-state index >= 15 is 0 Å². The Hall–Kier alpha value is -1.08. The van der Waals surface area contributed by atoms with Gasteiger partial charge in [-0.1, -0.05) is 75.8 Å². The Morgan fingerprint density at radius 3 is 2.03 bits per heavy atom. The average molecular weight is 411 g/mol. The van der Waals surface area contributed by atoms with Crippen LogP contribution in [0.4, 0.5) is 0 Å². The van der Waals surface area contributed by atoms with Crippen LogP contribution < -0.4 is 0 Å². The Morgan fingerprint density at radius 1 is 0.833 bits per heavy atom. The van der Waals surface area contributed by atoms with Gasteiger partial charge in [0.15, 0.2) is 0 Å². The molecule has 0 aliphatic heterocycles. The molecule has 30 heavy (non-hydrogen) atoms. The molecule has 0 bridgehead atoms. The van der Waals surface area contributed by atoms with Crippen LogP contribution in [0, 0.1) is 17.8 Å². The van der Waals surface area contributed by atoms with Crippen LogP contribution in [0.3, 0.4) is 0 Å². The lowest BCUT2D eigenvalue weighted by Crippen LogP contribution is -2.17. The normalized spacial score (nSPS) is 27.1. The van der Waals surface area contributed by atoms with Crippen molar-refractivity contribution < 1.29 is 4.74 Å². The van der Waals surface area contributed by atoms with E-state index in [0.29, 0.717) is 0 Å². The molecule has 0 radical (unpaired) electrons. The quantitative estimate of drug-likeness (QED) is 0.247. The van der Waals surface area contributed by atoms with Gasteiger partial charge in [-0.2, -0.15) is 0 Å². The Balaban J connectivity index is 1.31. The predicted molar refractivity (Wildman–Crippen MR) is 130 cm³/mol. The molecule has 0 saturated heterocycles. The summed E-state index contributed by atoms with van der Waals surface area (Å²) in [6.07, 6.45) is 21.6. The van der Waals surface area contributed by atoms with Crippen molar-refractivity contribution >= 4 is 0 Å². The van der Waals surface area contributed by atoms with Crippen molar-refractivity contribution in [2.45, 2.75) is 109 Å². The number of allylic oxidation sites excluding steroid dienone is 1. The first kappa shape index (κ1) is 23.6. The van der Waals surface area contributed by atoms with Crippen molar-refractivity contribution in [2.75, 3.05) is 6.61 Å². The summed E-state index contributed by atoms with van der Waals surface area (Å²) in [5.41, 5.74) is 2.88. The first-order chi connectivity index (χ1) is 14.8. The van der Waals surface area contributed by atoms with Crippen LogP contribution in [-0.2, 0) is 11.3 Å². The van der Waals surface area contributed by atoms with E-state index < -0.39 is 0 Å². The van der Waals surface area contributed by atoms with Crippen molar-refractivity contribution in [3.63, 3.8) is 0 Å². The minimum atomic E-state index is 0.770. The van der Waals surface area contributed by atoms with Gasteiger partial charge in [0.05, 0.1) is 6.61 Å².